The van der Waals surface area contributed by atoms with Crippen molar-refractivity contribution in [2.45, 2.75) is 0 Å². The van der Waals surface area contributed by atoms with Gasteiger partial charge in [0, 0.05) is 11.1 Å². The van der Waals surface area contributed by atoms with Crippen LogP contribution in [-0.2, 0) is 0 Å². The molecule has 1 heterocycles. The lowest BCUT2D eigenvalue weighted by atomic mass is 10.1. The molecule has 0 atom stereocenters. The molecular formula is C24H22N4O. The molecule has 0 bridgehead atoms. The second-order valence-electron chi connectivity index (χ2n) is 6.54. The lowest BCUT2D eigenvalue weighted by molar-refractivity contribution is 0.294. The number of nitrogens with one attached hydrogen (secondary N) is 1. The molecule has 0 aliphatic rings. The Hall–Kier alpha value is -3.70. The molecule has 144 valence electrons. The number of aliphatic hydroxyl groups excluding tert-OH is 1. The molecule has 4 rings (SSSR count). The fourth-order valence-electron chi connectivity index (χ4n) is 3.08. The number of hydrogen-bond donors (Lipinski definition) is 2. The van der Waals surface area contributed by atoms with Crippen LogP contribution < -0.4 is 5.43 Å². The van der Waals surface area contributed by atoms with E-state index in [1.807, 2.05) is 65.3 Å². The fraction of sp³-hybridized carbons (Fsp3) is 0.0833. The van der Waals surface area contributed by atoms with E-state index in [0.29, 0.717) is 6.54 Å². The molecule has 0 radical (unpaired) electrons. The highest BCUT2D eigenvalue weighted by Gasteiger charge is 2.12. The third-order valence-electron chi connectivity index (χ3n) is 4.51. The van der Waals surface area contributed by atoms with Gasteiger partial charge in [-0.1, -0.05) is 72.8 Å². The maximum absolute atomic E-state index is 8.78. The van der Waals surface area contributed by atoms with Crippen LogP contribution in [0.3, 0.4) is 0 Å². The minimum Gasteiger partial charge on any atom is -0.394 e. The smallest absolute Gasteiger partial charge is 0.0934 e. The minimum atomic E-state index is 0.0571. The Morgan fingerprint density at radius 3 is 2.17 bits per heavy atom. The van der Waals surface area contributed by atoms with Gasteiger partial charge in [0.15, 0.2) is 0 Å². The van der Waals surface area contributed by atoms with E-state index in [1.54, 1.807) is 6.21 Å². The molecule has 29 heavy (non-hydrogen) atoms. The monoisotopic (exact) mass is 382 g/mol. The molecule has 0 fully saturated rings. The summed E-state index contributed by atoms with van der Waals surface area (Å²) in [6.07, 6.45) is 1.73. The summed E-state index contributed by atoms with van der Waals surface area (Å²) in [5, 5.41) is 17.8. The fourth-order valence-corrected chi connectivity index (χ4v) is 3.08. The van der Waals surface area contributed by atoms with Gasteiger partial charge in [-0.25, -0.2) is 4.68 Å². The number of aliphatic hydroxyl groups is 1. The van der Waals surface area contributed by atoms with Crippen LogP contribution in [0.25, 0.3) is 28.2 Å². The first-order valence-corrected chi connectivity index (χ1v) is 9.53. The van der Waals surface area contributed by atoms with Gasteiger partial charge in [-0.15, -0.1) is 0 Å². The average Bonchev–Trinajstić information content (AvgIpc) is 3.24. The standard InChI is InChI=1S/C24H22N4O/c29-16-15-25-26-18-19-11-13-22(14-12-19)28-24(21-9-5-2-6-10-21)17-23(27-28)20-7-3-1-4-8-20/h1-14,17-18,25,29H,15-16H2/b26-18+. The van der Waals surface area contributed by atoms with Gasteiger partial charge in [0.25, 0.3) is 0 Å². The van der Waals surface area contributed by atoms with Gasteiger partial charge in [-0.05, 0) is 23.8 Å². The summed E-state index contributed by atoms with van der Waals surface area (Å²) in [6.45, 7) is 0.492. The number of benzene rings is 3. The molecule has 0 saturated carbocycles. The van der Waals surface area contributed by atoms with Gasteiger partial charge in [0.1, 0.15) is 0 Å². The Bertz CT molecular complexity index is 1070. The summed E-state index contributed by atoms with van der Waals surface area (Å²) in [5.41, 5.74) is 8.90. The molecule has 0 spiro atoms. The Morgan fingerprint density at radius 2 is 1.52 bits per heavy atom. The van der Waals surface area contributed by atoms with E-state index in [2.05, 4.69) is 40.9 Å². The Labute approximate surface area is 170 Å². The first kappa shape index (κ1) is 18.7. The van der Waals surface area contributed by atoms with Gasteiger partial charge in [-0.3, -0.25) is 0 Å². The summed E-state index contributed by atoms with van der Waals surface area (Å²) < 4.78 is 1.97. The number of nitrogens with zero attached hydrogens (tertiary/aromatic N) is 3. The van der Waals surface area contributed by atoms with Crippen LogP contribution in [-0.4, -0.2) is 34.3 Å². The number of hydrazone groups is 1. The van der Waals surface area contributed by atoms with Crippen molar-refractivity contribution in [2.24, 2.45) is 5.10 Å². The molecular weight excluding hydrogens is 360 g/mol. The van der Waals surface area contributed by atoms with Crippen molar-refractivity contribution in [2.75, 3.05) is 13.2 Å². The second kappa shape index (κ2) is 8.99. The first-order valence-electron chi connectivity index (χ1n) is 9.53. The van der Waals surface area contributed by atoms with Crippen molar-refractivity contribution in [1.29, 1.82) is 0 Å². The lowest BCUT2D eigenvalue weighted by Crippen LogP contribution is -2.11. The van der Waals surface area contributed by atoms with Gasteiger partial charge < -0.3 is 10.5 Å². The van der Waals surface area contributed by atoms with Gasteiger partial charge >= 0.3 is 0 Å². The first-order chi connectivity index (χ1) is 14.3. The molecule has 5 nitrogen and oxygen atoms in total. The third kappa shape index (κ3) is 4.42. The SMILES string of the molecule is OCCN/N=C/c1ccc(-n2nc(-c3ccccc3)cc2-c2ccccc2)cc1. The summed E-state index contributed by atoms with van der Waals surface area (Å²) >= 11 is 0. The molecule has 5 heteroatoms. The van der Waals surface area contributed by atoms with Crippen molar-refractivity contribution in [3.8, 4) is 28.2 Å². The molecule has 0 amide bonds. The molecule has 0 unspecified atom stereocenters. The highest BCUT2D eigenvalue weighted by Crippen LogP contribution is 2.28. The molecule has 4 aromatic rings. The molecule has 0 saturated heterocycles. The topological polar surface area (TPSA) is 62.4 Å². The van der Waals surface area contributed by atoms with Gasteiger partial charge in [0.05, 0.1) is 36.4 Å². The van der Waals surface area contributed by atoms with Crippen LogP contribution >= 0.6 is 0 Å². The molecule has 0 aliphatic heterocycles. The normalized spacial score (nSPS) is 11.1. The quantitative estimate of drug-likeness (QED) is 0.287. The zero-order valence-electron chi connectivity index (χ0n) is 15.9. The van der Waals surface area contributed by atoms with Crippen LogP contribution in [0.2, 0.25) is 0 Å². The van der Waals surface area contributed by atoms with E-state index in [1.165, 1.54) is 0 Å². The van der Waals surface area contributed by atoms with Crippen LogP contribution in [0.15, 0.2) is 96.1 Å². The average molecular weight is 382 g/mol. The minimum absolute atomic E-state index is 0.0571. The predicted molar refractivity (Wildman–Crippen MR) is 117 cm³/mol. The van der Waals surface area contributed by atoms with E-state index in [9.17, 15) is 0 Å². The van der Waals surface area contributed by atoms with Gasteiger partial charge in [0.2, 0.25) is 0 Å². The summed E-state index contributed by atoms with van der Waals surface area (Å²) in [5.74, 6) is 0. The Balaban J connectivity index is 1.70. The number of aromatic nitrogens is 2. The van der Waals surface area contributed by atoms with E-state index in [4.69, 9.17) is 10.2 Å². The molecule has 0 aliphatic carbocycles. The highest BCUT2D eigenvalue weighted by atomic mass is 16.3. The van der Waals surface area contributed by atoms with E-state index >= 15 is 0 Å². The van der Waals surface area contributed by atoms with Crippen molar-refractivity contribution in [1.82, 2.24) is 15.2 Å². The van der Waals surface area contributed by atoms with Crippen LogP contribution in [0, 0.1) is 0 Å². The Kier molecular flexibility index (Phi) is 5.78. The van der Waals surface area contributed by atoms with Crippen molar-refractivity contribution in [3.05, 3.63) is 96.6 Å². The molecule has 3 aromatic carbocycles. The number of rotatable bonds is 7. The summed E-state index contributed by atoms with van der Waals surface area (Å²) in [6, 6.07) is 30.6. The van der Waals surface area contributed by atoms with E-state index < -0.39 is 0 Å². The second-order valence-corrected chi connectivity index (χ2v) is 6.54. The third-order valence-corrected chi connectivity index (χ3v) is 4.51. The highest BCUT2D eigenvalue weighted by molar-refractivity contribution is 5.80. The van der Waals surface area contributed by atoms with Gasteiger partial charge in [-0.2, -0.15) is 10.2 Å². The summed E-state index contributed by atoms with van der Waals surface area (Å²) in [7, 11) is 0. The van der Waals surface area contributed by atoms with Crippen LogP contribution in [0.1, 0.15) is 5.56 Å². The Morgan fingerprint density at radius 1 is 0.862 bits per heavy atom. The number of hydrogen-bond acceptors (Lipinski definition) is 4. The van der Waals surface area contributed by atoms with E-state index in [0.717, 1.165) is 33.8 Å². The molecule has 2 N–H and O–H groups in total. The maximum Gasteiger partial charge on any atom is 0.0934 e. The maximum atomic E-state index is 8.78. The van der Waals surface area contributed by atoms with Crippen LogP contribution in [0.5, 0.6) is 0 Å². The zero-order chi connectivity index (χ0) is 19.9. The largest absolute Gasteiger partial charge is 0.394 e. The lowest BCUT2D eigenvalue weighted by Gasteiger charge is -2.08. The van der Waals surface area contributed by atoms with Crippen molar-refractivity contribution >= 4 is 6.21 Å². The van der Waals surface area contributed by atoms with Crippen molar-refractivity contribution in [3.63, 3.8) is 0 Å². The zero-order valence-corrected chi connectivity index (χ0v) is 15.9. The van der Waals surface area contributed by atoms with Crippen molar-refractivity contribution < 1.29 is 5.11 Å². The summed E-state index contributed by atoms with van der Waals surface area (Å²) in [4.78, 5) is 0. The van der Waals surface area contributed by atoms with E-state index in [-0.39, 0.29) is 6.61 Å². The molecule has 1 aromatic heterocycles. The predicted octanol–water partition coefficient (Wildman–Crippen LogP) is 4.12. The van der Waals surface area contributed by atoms with Crippen LogP contribution in [0.4, 0.5) is 0 Å².